The summed E-state index contributed by atoms with van der Waals surface area (Å²) >= 11 is 0. The molecule has 0 spiro atoms. The third-order valence-electron chi connectivity index (χ3n) is 3.56. The fourth-order valence-corrected chi connectivity index (χ4v) is 3.71. The number of nitrogens with one attached hydrogen (secondary N) is 1. The highest BCUT2D eigenvalue weighted by Crippen LogP contribution is 2.30. The Morgan fingerprint density at radius 1 is 1.19 bits per heavy atom. The molecular weight excluding hydrogens is 399 g/mol. The summed E-state index contributed by atoms with van der Waals surface area (Å²) in [7, 11) is -6.12. The van der Waals surface area contributed by atoms with Crippen LogP contribution in [-0.2, 0) is 32.8 Å². The van der Waals surface area contributed by atoms with E-state index in [9.17, 15) is 30.0 Å². The lowest BCUT2D eigenvalue weighted by molar-refractivity contribution is -0.137. The summed E-state index contributed by atoms with van der Waals surface area (Å²) in [5.74, 6) is 0. The van der Waals surface area contributed by atoms with Gasteiger partial charge in [-0.3, -0.25) is 0 Å². The minimum Gasteiger partial charge on any atom is -0.232 e. The predicted molar refractivity (Wildman–Crippen MR) is 87.1 cm³/mol. The smallest absolute Gasteiger partial charge is 0.232 e. The van der Waals surface area contributed by atoms with Crippen molar-refractivity contribution in [3.05, 3.63) is 35.4 Å². The van der Waals surface area contributed by atoms with E-state index in [4.69, 9.17) is 5.14 Å². The van der Waals surface area contributed by atoms with Crippen LogP contribution < -0.4 is 10.6 Å². The standard InChI is InChI=1S/C12H16F3N5O4S2/c1-19(2)26(23,24)20-8-17-11(18-20,25(16,21)22)7-9-3-5-10(6-4-9)12(13,14)15/h3-6,8,18H,7H2,1-2H3,(H2,16,21,22). The molecule has 146 valence electrons. The lowest BCUT2D eigenvalue weighted by atomic mass is 10.1. The van der Waals surface area contributed by atoms with Crippen LogP contribution in [-0.4, -0.2) is 51.0 Å². The van der Waals surface area contributed by atoms with Crippen LogP contribution >= 0.6 is 0 Å². The summed E-state index contributed by atoms with van der Waals surface area (Å²) in [6.45, 7) is 0. The summed E-state index contributed by atoms with van der Waals surface area (Å²) in [4.78, 5) is 1.42. The molecule has 26 heavy (non-hydrogen) atoms. The summed E-state index contributed by atoms with van der Waals surface area (Å²) < 4.78 is 87.3. The third kappa shape index (κ3) is 3.83. The van der Waals surface area contributed by atoms with E-state index >= 15 is 0 Å². The molecule has 0 radical (unpaired) electrons. The molecule has 14 heteroatoms. The van der Waals surface area contributed by atoms with Crippen LogP contribution in [0.2, 0.25) is 0 Å². The van der Waals surface area contributed by atoms with Gasteiger partial charge in [0.1, 0.15) is 6.34 Å². The highest BCUT2D eigenvalue weighted by atomic mass is 32.2. The Morgan fingerprint density at radius 2 is 1.73 bits per heavy atom. The van der Waals surface area contributed by atoms with Crippen molar-refractivity contribution in [3.8, 4) is 0 Å². The van der Waals surface area contributed by atoms with Gasteiger partial charge in [0.15, 0.2) is 0 Å². The molecule has 0 bridgehead atoms. The third-order valence-corrected chi connectivity index (χ3v) is 6.45. The molecule has 0 aromatic heterocycles. The van der Waals surface area contributed by atoms with Crippen molar-refractivity contribution in [2.75, 3.05) is 14.1 Å². The Balaban J connectivity index is 2.36. The topological polar surface area (TPSA) is 125 Å². The average molecular weight is 415 g/mol. The molecule has 1 unspecified atom stereocenters. The van der Waals surface area contributed by atoms with Gasteiger partial charge in [-0.2, -0.15) is 35.7 Å². The van der Waals surface area contributed by atoms with Gasteiger partial charge >= 0.3 is 16.4 Å². The Labute approximate surface area is 148 Å². The molecule has 1 aromatic carbocycles. The number of hydrogen-bond acceptors (Lipinski definition) is 6. The summed E-state index contributed by atoms with van der Waals surface area (Å²) in [5.41, 5.74) is 1.45. The van der Waals surface area contributed by atoms with Crippen molar-refractivity contribution in [3.63, 3.8) is 0 Å². The summed E-state index contributed by atoms with van der Waals surface area (Å²) in [6.07, 6.45) is -4.29. The first kappa shape index (κ1) is 20.6. The first-order valence-electron chi connectivity index (χ1n) is 6.93. The van der Waals surface area contributed by atoms with Crippen molar-refractivity contribution in [2.24, 2.45) is 10.1 Å². The maximum atomic E-state index is 12.6. The van der Waals surface area contributed by atoms with Gasteiger partial charge in [-0.1, -0.05) is 12.1 Å². The van der Waals surface area contributed by atoms with Gasteiger partial charge in [0, 0.05) is 20.5 Å². The number of hydrogen-bond donors (Lipinski definition) is 2. The van der Waals surface area contributed by atoms with Crippen LogP contribution in [0.15, 0.2) is 29.3 Å². The maximum absolute atomic E-state index is 12.6. The van der Waals surface area contributed by atoms with E-state index in [1.165, 1.54) is 14.1 Å². The van der Waals surface area contributed by atoms with Gasteiger partial charge in [-0.25, -0.2) is 18.5 Å². The van der Waals surface area contributed by atoms with E-state index in [1.54, 1.807) is 0 Å². The lowest BCUT2D eigenvalue weighted by Gasteiger charge is -2.28. The van der Waals surface area contributed by atoms with E-state index in [0.717, 1.165) is 34.9 Å². The number of sulfonamides is 1. The van der Waals surface area contributed by atoms with E-state index in [0.29, 0.717) is 4.41 Å². The molecule has 0 saturated heterocycles. The highest BCUT2D eigenvalue weighted by molar-refractivity contribution is 7.90. The number of benzene rings is 1. The van der Waals surface area contributed by atoms with Gasteiger partial charge in [0.05, 0.1) is 5.56 Å². The fraction of sp³-hybridized carbons (Fsp3) is 0.417. The van der Waals surface area contributed by atoms with Crippen molar-refractivity contribution in [2.45, 2.75) is 17.6 Å². The minimum absolute atomic E-state index is 0.153. The molecule has 0 saturated carbocycles. The molecular formula is C12H16F3N5O4S2. The van der Waals surface area contributed by atoms with Gasteiger partial charge in [0.2, 0.25) is 4.99 Å². The SMILES string of the molecule is CN(C)S(=O)(=O)N1C=NC(Cc2ccc(C(F)(F)F)cc2)(S(N)(=O)=O)N1. The van der Waals surface area contributed by atoms with Gasteiger partial charge in [-0.05, 0) is 17.7 Å². The molecule has 1 aliphatic rings. The largest absolute Gasteiger partial charge is 0.416 e. The van der Waals surface area contributed by atoms with Crippen molar-refractivity contribution >= 4 is 26.6 Å². The monoisotopic (exact) mass is 415 g/mol. The Bertz CT molecular complexity index is 913. The van der Waals surface area contributed by atoms with Gasteiger partial charge < -0.3 is 0 Å². The summed E-state index contributed by atoms with van der Waals surface area (Å²) in [5, 5.41) is 5.19. The molecule has 1 atom stereocenters. The number of aliphatic imine (C=N–C) groups is 1. The van der Waals surface area contributed by atoms with Crippen LogP contribution in [0.1, 0.15) is 11.1 Å². The van der Waals surface area contributed by atoms with E-state index in [1.807, 2.05) is 0 Å². The van der Waals surface area contributed by atoms with Gasteiger partial charge in [0.25, 0.3) is 10.0 Å². The van der Waals surface area contributed by atoms with Crippen LogP contribution in [0.25, 0.3) is 0 Å². The zero-order chi connectivity index (χ0) is 20.0. The van der Waals surface area contributed by atoms with E-state index in [2.05, 4.69) is 10.4 Å². The van der Waals surface area contributed by atoms with Crippen molar-refractivity contribution < 1.29 is 30.0 Å². The maximum Gasteiger partial charge on any atom is 0.416 e. The lowest BCUT2D eigenvalue weighted by Crippen LogP contribution is -2.58. The second-order valence-corrected chi connectivity index (χ2v) is 9.43. The second kappa shape index (κ2) is 6.45. The number of alkyl halides is 3. The zero-order valence-electron chi connectivity index (χ0n) is 13.6. The molecule has 0 fully saturated rings. The number of nitrogens with zero attached hydrogens (tertiary/aromatic N) is 3. The minimum atomic E-state index is -4.55. The Morgan fingerprint density at radius 3 is 2.15 bits per heavy atom. The first-order chi connectivity index (χ1) is 11.7. The summed E-state index contributed by atoms with van der Waals surface area (Å²) in [6, 6.07) is 3.68. The van der Waals surface area contributed by atoms with E-state index < -0.39 is 43.4 Å². The number of hydrazine groups is 1. The zero-order valence-corrected chi connectivity index (χ0v) is 15.2. The fourth-order valence-electron chi connectivity index (χ4n) is 2.08. The highest BCUT2D eigenvalue weighted by Gasteiger charge is 2.48. The molecule has 1 aliphatic heterocycles. The van der Waals surface area contributed by atoms with Crippen LogP contribution in [0.4, 0.5) is 13.2 Å². The number of halogens is 3. The molecule has 1 heterocycles. The van der Waals surface area contributed by atoms with Crippen LogP contribution in [0.3, 0.4) is 0 Å². The second-order valence-electron chi connectivity index (χ2n) is 5.64. The molecule has 0 amide bonds. The Kier molecular flexibility index (Phi) is 5.11. The molecule has 0 aliphatic carbocycles. The molecule has 3 N–H and O–H groups in total. The number of rotatable bonds is 5. The van der Waals surface area contributed by atoms with Crippen molar-refractivity contribution in [1.82, 2.24) is 14.1 Å². The van der Waals surface area contributed by atoms with Crippen LogP contribution in [0, 0.1) is 0 Å². The number of primary sulfonamides is 1. The average Bonchev–Trinajstić information content (AvgIpc) is 2.92. The quantitative estimate of drug-likeness (QED) is 0.692. The predicted octanol–water partition coefficient (Wildman–Crippen LogP) is -0.155. The van der Waals surface area contributed by atoms with Crippen molar-refractivity contribution in [1.29, 1.82) is 0 Å². The number of nitrogens with two attached hydrogens (primary N) is 1. The molecule has 2 rings (SSSR count). The first-order valence-corrected chi connectivity index (χ1v) is 9.87. The van der Waals surface area contributed by atoms with Gasteiger partial charge in [-0.15, -0.1) is 0 Å². The van der Waals surface area contributed by atoms with Crippen LogP contribution in [0.5, 0.6) is 0 Å². The normalized spacial score (nSPS) is 21.6. The molecule has 1 aromatic rings. The Hall–Kier alpha value is -1.74. The van der Waals surface area contributed by atoms with E-state index in [-0.39, 0.29) is 5.56 Å². The molecule has 9 nitrogen and oxygen atoms in total.